The van der Waals surface area contributed by atoms with Crippen molar-refractivity contribution in [2.75, 3.05) is 18.8 Å². The molecule has 0 aliphatic carbocycles. The van der Waals surface area contributed by atoms with Gasteiger partial charge in [-0.05, 0) is 32.0 Å². The van der Waals surface area contributed by atoms with Gasteiger partial charge in [-0.15, -0.1) is 11.8 Å². The average Bonchev–Trinajstić information content (AvgIpc) is 2.27. The number of benzene rings is 1. The van der Waals surface area contributed by atoms with Gasteiger partial charge in [0.05, 0.1) is 0 Å². The van der Waals surface area contributed by atoms with Crippen LogP contribution in [0.25, 0.3) is 0 Å². The van der Waals surface area contributed by atoms with Crippen LogP contribution in [0.2, 0.25) is 0 Å². The Labute approximate surface area is 103 Å². The molecule has 0 saturated carbocycles. The summed E-state index contributed by atoms with van der Waals surface area (Å²) < 4.78 is 0. The lowest BCUT2D eigenvalue weighted by Gasteiger charge is -2.07. The second-order valence-corrected chi connectivity index (χ2v) is 5.08. The predicted octanol–water partition coefficient (Wildman–Crippen LogP) is 3.64. The molecule has 16 heavy (non-hydrogen) atoms. The smallest absolute Gasteiger partial charge is 0.0200 e. The molecule has 0 atom stereocenters. The average molecular weight is 235 g/mol. The van der Waals surface area contributed by atoms with E-state index in [9.17, 15) is 0 Å². The van der Waals surface area contributed by atoms with E-state index in [1.165, 1.54) is 22.5 Å². The van der Waals surface area contributed by atoms with E-state index < -0.39 is 0 Å². The maximum absolute atomic E-state index is 4.08. The predicted molar refractivity (Wildman–Crippen MR) is 74.2 cm³/mol. The molecule has 0 unspecified atom stereocenters. The molecule has 0 aliphatic heterocycles. The highest BCUT2D eigenvalue weighted by Crippen LogP contribution is 2.20. The second kappa shape index (κ2) is 7.53. The molecule has 2 heteroatoms. The third kappa shape index (κ3) is 5.38. The highest BCUT2D eigenvalue weighted by atomic mass is 32.2. The summed E-state index contributed by atoms with van der Waals surface area (Å²) in [5.41, 5.74) is 2.58. The van der Waals surface area contributed by atoms with Crippen LogP contribution >= 0.6 is 11.8 Å². The minimum absolute atomic E-state index is 0.937. The molecule has 0 radical (unpaired) electrons. The van der Waals surface area contributed by atoms with Gasteiger partial charge in [-0.3, -0.25) is 0 Å². The Morgan fingerprint density at radius 2 is 2.25 bits per heavy atom. The van der Waals surface area contributed by atoms with Crippen LogP contribution in [0.5, 0.6) is 0 Å². The van der Waals surface area contributed by atoms with E-state index in [0.717, 1.165) is 18.8 Å². The van der Waals surface area contributed by atoms with Crippen molar-refractivity contribution < 1.29 is 0 Å². The fourth-order valence-electron chi connectivity index (χ4n) is 1.38. The minimum Gasteiger partial charge on any atom is -0.313 e. The molecule has 0 fully saturated rings. The first kappa shape index (κ1) is 13.3. The molecule has 0 spiro atoms. The summed E-state index contributed by atoms with van der Waals surface area (Å²) in [6.07, 6.45) is 1.18. The Hall–Kier alpha value is -0.730. The maximum Gasteiger partial charge on any atom is 0.0200 e. The summed E-state index contributed by atoms with van der Waals surface area (Å²) in [5.74, 6) is 1.00. The SMILES string of the molecule is C=C(CNCCC)CSc1cccc(C)c1. The Bertz CT molecular complexity index is 333. The molecule has 0 aromatic heterocycles. The first-order valence-electron chi connectivity index (χ1n) is 5.79. The lowest BCUT2D eigenvalue weighted by atomic mass is 10.2. The van der Waals surface area contributed by atoms with Gasteiger partial charge in [-0.2, -0.15) is 0 Å². The standard InChI is InChI=1S/C14H21NS/c1-4-8-15-10-13(3)11-16-14-7-5-6-12(2)9-14/h5-7,9,15H,3-4,8,10-11H2,1-2H3. The molecular weight excluding hydrogens is 214 g/mol. The molecule has 0 saturated heterocycles. The van der Waals surface area contributed by atoms with Crippen LogP contribution in [0.3, 0.4) is 0 Å². The molecule has 0 amide bonds. The third-order valence-electron chi connectivity index (χ3n) is 2.23. The van der Waals surface area contributed by atoms with Crippen LogP contribution in [0, 0.1) is 6.92 Å². The molecule has 0 bridgehead atoms. The van der Waals surface area contributed by atoms with E-state index in [2.05, 4.69) is 50.0 Å². The lowest BCUT2D eigenvalue weighted by molar-refractivity contribution is 0.716. The largest absolute Gasteiger partial charge is 0.313 e. The van der Waals surface area contributed by atoms with Crippen LogP contribution in [0.1, 0.15) is 18.9 Å². The first-order chi connectivity index (χ1) is 7.72. The monoisotopic (exact) mass is 235 g/mol. The zero-order chi connectivity index (χ0) is 11.8. The quantitative estimate of drug-likeness (QED) is 0.440. The molecule has 0 aliphatic rings. The topological polar surface area (TPSA) is 12.0 Å². The molecule has 1 nitrogen and oxygen atoms in total. The number of nitrogens with one attached hydrogen (secondary N) is 1. The number of aryl methyl sites for hydroxylation is 1. The van der Waals surface area contributed by atoms with Crippen LogP contribution < -0.4 is 5.32 Å². The van der Waals surface area contributed by atoms with Crippen LogP contribution in [-0.2, 0) is 0 Å². The van der Waals surface area contributed by atoms with Gasteiger partial charge < -0.3 is 5.32 Å². The van der Waals surface area contributed by atoms with E-state index in [1.54, 1.807) is 0 Å². The van der Waals surface area contributed by atoms with E-state index in [1.807, 2.05) is 11.8 Å². The summed E-state index contributed by atoms with van der Waals surface area (Å²) in [6.45, 7) is 10.4. The Morgan fingerprint density at radius 3 is 2.94 bits per heavy atom. The summed E-state index contributed by atoms with van der Waals surface area (Å²) in [7, 11) is 0. The van der Waals surface area contributed by atoms with Crippen molar-refractivity contribution in [2.24, 2.45) is 0 Å². The van der Waals surface area contributed by atoms with E-state index in [-0.39, 0.29) is 0 Å². The molecule has 0 heterocycles. The van der Waals surface area contributed by atoms with Crippen molar-refractivity contribution in [1.29, 1.82) is 0 Å². The van der Waals surface area contributed by atoms with Crippen LogP contribution in [0.15, 0.2) is 41.3 Å². The molecule has 1 rings (SSSR count). The molecule has 1 N–H and O–H groups in total. The second-order valence-electron chi connectivity index (χ2n) is 4.03. The summed E-state index contributed by atoms with van der Waals surface area (Å²) in [6, 6.07) is 8.61. The Morgan fingerprint density at radius 1 is 1.44 bits per heavy atom. The number of hydrogen-bond donors (Lipinski definition) is 1. The molecule has 1 aromatic carbocycles. The van der Waals surface area contributed by atoms with Crippen molar-refractivity contribution in [3.05, 3.63) is 42.0 Å². The summed E-state index contributed by atoms with van der Waals surface area (Å²) in [5, 5.41) is 3.37. The Kier molecular flexibility index (Phi) is 6.27. The van der Waals surface area contributed by atoms with Gasteiger partial charge in [0, 0.05) is 17.2 Å². The summed E-state index contributed by atoms with van der Waals surface area (Å²) >= 11 is 1.86. The van der Waals surface area contributed by atoms with E-state index in [4.69, 9.17) is 0 Å². The summed E-state index contributed by atoms with van der Waals surface area (Å²) in [4.78, 5) is 1.33. The minimum atomic E-state index is 0.937. The first-order valence-corrected chi connectivity index (χ1v) is 6.77. The van der Waals surface area contributed by atoms with Gasteiger partial charge in [0.15, 0.2) is 0 Å². The van der Waals surface area contributed by atoms with Crippen molar-refractivity contribution in [3.8, 4) is 0 Å². The van der Waals surface area contributed by atoms with Crippen molar-refractivity contribution in [3.63, 3.8) is 0 Å². The lowest BCUT2D eigenvalue weighted by Crippen LogP contribution is -2.18. The number of hydrogen-bond acceptors (Lipinski definition) is 2. The van der Waals surface area contributed by atoms with Crippen molar-refractivity contribution in [1.82, 2.24) is 5.32 Å². The van der Waals surface area contributed by atoms with Crippen LogP contribution in [-0.4, -0.2) is 18.8 Å². The van der Waals surface area contributed by atoms with Gasteiger partial charge in [0.25, 0.3) is 0 Å². The van der Waals surface area contributed by atoms with Crippen molar-refractivity contribution >= 4 is 11.8 Å². The zero-order valence-corrected chi connectivity index (χ0v) is 11.1. The van der Waals surface area contributed by atoms with Gasteiger partial charge in [-0.1, -0.05) is 36.8 Å². The van der Waals surface area contributed by atoms with Crippen LogP contribution in [0.4, 0.5) is 0 Å². The van der Waals surface area contributed by atoms with E-state index in [0.29, 0.717) is 0 Å². The van der Waals surface area contributed by atoms with Gasteiger partial charge in [0.1, 0.15) is 0 Å². The van der Waals surface area contributed by atoms with Gasteiger partial charge >= 0.3 is 0 Å². The normalized spacial score (nSPS) is 10.4. The third-order valence-corrected chi connectivity index (χ3v) is 3.37. The fourth-order valence-corrected chi connectivity index (χ4v) is 2.30. The molecule has 1 aromatic rings. The Balaban J connectivity index is 2.26. The highest BCUT2D eigenvalue weighted by molar-refractivity contribution is 7.99. The highest BCUT2D eigenvalue weighted by Gasteiger charge is 1.97. The van der Waals surface area contributed by atoms with E-state index >= 15 is 0 Å². The van der Waals surface area contributed by atoms with Gasteiger partial charge in [-0.25, -0.2) is 0 Å². The number of rotatable bonds is 7. The fraction of sp³-hybridized carbons (Fsp3) is 0.429. The molecule has 88 valence electrons. The maximum atomic E-state index is 4.08. The molecular formula is C14H21NS. The number of thioether (sulfide) groups is 1. The van der Waals surface area contributed by atoms with Crippen molar-refractivity contribution in [2.45, 2.75) is 25.2 Å². The zero-order valence-electron chi connectivity index (χ0n) is 10.3. The van der Waals surface area contributed by atoms with Gasteiger partial charge in [0.2, 0.25) is 0 Å².